The van der Waals surface area contributed by atoms with Crippen LogP contribution < -0.4 is 27.5 Å². The first-order valence-electron chi connectivity index (χ1n) is 47.0. The summed E-state index contributed by atoms with van der Waals surface area (Å²) in [6, 6.07) is 63.9. The second kappa shape index (κ2) is 40.1. The highest BCUT2D eigenvalue weighted by Crippen LogP contribution is 2.36. The second-order valence-corrected chi connectivity index (χ2v) is 37.1. The summed E-state index contributed by atoms with van der Waals surface area (Å²) in [5, 5.41) is 17.5. The fourth-order valence-corrected chi connectivity index (χ4v) is 17.5. The van der Waals surface area contributed by atoms with Crippen LogP contribution in [0.2, 0.25) is 0 Å². The van der Waals surface area contributed by atoms with E-state index >= 15 is 0 Å². The molecule has 0 aliphatic carbocycles. The van der Waals surface area contributed by atoms with Crippen molar-refractivity contribution in [2.75, 3.05) is 7.11 Å². The van der Waals surface area contributed by atoms with E-state index < -0.39 is 11.7 Å². The van der Waals surface area contributed by atoms with Gasteiger partial charge in [0.05, 0.1) is 58.1 Å². The van der Waals surface area contributed by atoms with E-state index in [1.807, 2.05) is 183 Å². The maximum atomic E-state index is 13.7. The van der Waals surface area contributed by atoms with Crippen LogP contribution in [0.15, 0.2) is 238 Å². The van der Waals surface area contributed by atoms with Crippen molar-refractivity contribution in [2.45, 2.75) is 145 Å². The molecule has 8 aromatic carbocycles. The smallest absolute Gasteiger partial charge is 0.330 e. The first-order valence-corrected chi connectivity index (χ1v) is 47.0. The number of alkyl halides is 2. The van der Waals surface area contributed by atoms with Gasteiger partial charge in [0.15, 0.2) is 75.0 Å². The second-order valence-electron chi connectivity index (χ2n) is 37.1. The van der Waals surface area contributed by atoms with Gasteiger partial charge in [0.1, 0.15) is 33.7 Å². The van der Waals surface area contributed by atoms with Crippen molar-refractivity contribution < 1.29 is 13.5 Å². The number of fused-ring (bicyclic) bond motifs is 4. The van der Waals surface area contributed by atoms with Crippen molar-refractivity contribution in [3.8, 4) is 97.1 Å². The molecule has 33 nitrogen and oxygen atoms in total. The number of rotatable bonds is 23. The number of benzene rings is 8. The van der Waals surface area contributed by atoms with Gasteiger partial charge < -0.3 is 4.74 Å². The summed E-state index contributed by atoms with van der Waals surface area (Å²) in [6.07, 6.45) is 6.90. The monoisotopic (exact) mass is 1910 g/mol. The maximum absolute atomic E-state index is 13.7. The summed E-state index contributed by atoms with van der Waals surface area (Å²) < 4.78 is 52.0. The molecule has 0 bridgehead atoms. The van der Waals surface area contributed by atoms with Gasteiger partial charge in [-0.25, -0.2) is 83.4 Å². The highest BCUT2D eigenvalue weighted by atomic mass is 19.3. The fourth-order valence-electron chi connectivity index (χ4n) is 17.5. The summed E-state index contributed by atoms with van der Waals surface area (Å²) in [7, 11) is 15.5. The lowest BCUT2D eigenvalue weighted by Crippen LogP contribution is -2.22. The fraction of sp³-hybridized carbons (Fsp3) is 0.290. The van der Waals surface area contributed by atoms with Gasteiger partial charge in [-0.2, -0.15) is 29.1 Å². The lowest BCUT2D eigenvalue weighted by molar-refractivity contribution is 0.00409. The van der Waals surface area contributed by atoms with Crippen molar-refractivity contribution >= 4 is 44.7 Å². The molecule has 35 heteroatoms. The van der Waals surface area contributed by atoms with Crippen molar-refractivity contribution in [1.82, 2.24) is 135 Å². The molecule has 0 unspecified atom stereocenters. The Balaban J connectivity index is 0.000000130. The number of halogens is 2. The minimum absolute atomic E-state index is 0.120. The van der Waals surface area contributed by atoms with Gasteiger partial charge in [0.25, 0.3) is 0 Å². The molecule has 0 saturated heterocycles. The number of hydrogen-bond donors (Lipinski definition) is 0. The van der Waals surface area contributed by atoms with Crippen LogP contribution in [0, 0.1) is 6.92 Å². The van der Waals surface area contributed by atoms with Gasteiger partial charge in [-0.3, -0.25) is 45.9 Å². The quantitative estimate of drug-likeness (QED) is 0.0574. The Labute approximate surface area is 817 Å². The van der Waals surface area contributed by atoms with Gasteiger partial charge in [0, 0.05) is 114 Å². The number of nitrogens with zero attached hydrogens (tertiary/aromatic N) is 28. The molecular weight excluding hydrogens is 1800 g/mol. The number of aromatic nitrogens is 28. The predicted octanol–water partition coefficient (Wildman–Crippen LogP) is 17.6. The molecule has 0 fully saturated rings. The van der Waals surface area contributed by atoms with Crippen molar-refractivity contribution in [2.24, 2.45) is 56.4 Å². The lowest BCUT2D eigenvalue weighted by Gasteiger charge is -2.11. The molecule has 0 amide bonds. The van der Waals surface area contributed by atoms with E-state index in [1.54, 1.807) is 121 Å². The van der Waals surface area contributed by atoms with E-state index in [2.05, 4.69) is 154 Å². The van der Waals surface area contributed by atoms with Crippen molar-refractivity contribution in [1.29, 1.82) is 0 Å². The molecule has 0 aliphatic heterocycles. The van der Waals surface area contributed by atoms with Crippen molar-refractivity contribution in [3.05, 3.63) is 323 Å². The molecule has 12 aromatic heterocycles. The summed E-state index contributed by atoms with van der Waals surface area (Å²) in [6.45, 7) is 25.6. The van der Waals surface area contributed by atoms with Crippen LogP contribution >= 0.6 is 0 Å². The van der Waals surface area contributed by atoms with Gasteiger partial charge in [-0.05, 0) is 75.1 Å². The lowest BCUT2D eigenvalue weighted by atomic mass is 9.97. The molecule has 0 saturated carbocycles. The van der Waals surface area contributed by atoms with Crippen LogP contribution in [-0.2, 0) is 88.5 Å². The molecule has 0 aliphatic rings. The minimum atomic E-state index is -3.09. The molecule has 20 rings (SSSR count). The Hall–Kier alpha value is -16.6. The third-order valence-corrected chi connectivity index (χ3v) is 25.4. The Kier molecular flexibility index (Phi) is 27.4. The highest BCUT2D eigenvalue weighted by molar-refractivity contribution is 5.79. The molecular formula is C107H112F2N28O5. The van der Waals surface area contributed by atoms with Gasteiger partial charge in [0.2, 0.25) is 0 Å². The topological polar surface area (TPSA) is 343 Å². The van der Waals surface area contributed by atoms with Crippen LogP contribution in [0.25, 0.3) is 136 Å². The van der Waals surface area contributed by atoms with Crippen LogP contribution in [0.1, 0.15) is 168 Å². The first-order chi connectivity index (χ1) is 68.0. The Morgan fingerprint density at radius 2 is 0.563 bits per heavy atom. The third-order valence-electron chi connectivity index (χ3n) is 25.4. The average Bonchev–Trinajstić information content (AvgIpc) is 1.62. The Morgan fingerprint density at radius 1 is 0.303 bits per heavy atom. The van der Waals surface area contributed by atoms with E-state index in [4.69, 9.17) is 24.7 Å². The Bertz CT molecular complexity index is 8310. The standard InChI is InChI=1S/C28H31N7O.C27H27F2N7O.C26H27N7O2.C26H27N7O/c1-17(2)21-9-7-8-10-22(21)25-29-15-23-27(31-25)35(28(36)33(23)5)16-19-11-13-20(14-12-19)24-30-26(18(3)4)34(6)32-24;1-16(2)19-8-6-7-9-20(19)23-30-14-21-24(31-23)36(26(37)34(21)4)15-17-10-12-18(13-11-17)22-32-25(27(3,28)29)35(5)33-22;1-16(2)19-8-6-7-9-20(19)23-27-14-21-24(28-23)33(26(34)31(21)3)15-17-10-12-18(13-11-17)22-29-25(35-5)32(4)30-22;1-16(2)20-8-6-7-9-21(20)24-27-14-22-25(29-24)33(26(34)31(22)4)15-18-10-12-19(13-11-18)23-28-17(3)32(5)30-23/h7-15,17-18H,16H2,1-6H3;6-14,16H,15H2,1-5H3;6-14,16H,15H2,1-5H3;6-14,16H,15H2,1-5H3. The zero-order valence-corrected chi connectivity index (χ0v) is 83.3. The Morgan fingerprint density at radius 3 is 0.810 bits per heavy atom. The van der Waals surface area contributed by atoms with Crippen LogP contribution in [-0.4, -0.2) is 143 Å². The molecule has 142 heavy (non-hydrogen) atoms. The largest absolute Gasteiger partial charge is 0.467 e. The van der Waals surface area contributed by atoms with E-state index in [9.17, 15) is 28.0 Å². The molecule has 0 N–H and O–H groups in total. The van der Waals surface area contributed by atoms with Crippen LogP contribution in [0.5, 0.6) is 6.01 Å². The van der Waals surface area contributed by atoms with Gasteiger partial charge in [-0.15, -0.1) is 5.10 Å². The zero-order valence-electron chi connectivity index (χ0n) is 83.3. The molecule has 20 aromatic rings. The first kappa shape index (κ1) is 97.0. The molecule has 0 atom stereocenters. The van der Waals surface area contributed by atoms with Gasteiger partial charge >= 0.3 is 34.7 Å². The molecule has 0 radical (unpaired) electrons. The van der Waals surface area contributed by atoms with E-state index in [1.165, 1.54) is 28.3 Å². The number of imidazole rings is 4. The summed E-state index contributed by atoms with van der Waals surface area (Å²) in [5.41, 5.74) is 20.3. The molecule has 0 spiro atoms. The zero-order chi connectivity index (χ0) is 101. The van der Waals surface area contributed by atoms with E-state index in [0.717, 1.165) is 90.0 Å². The number of ether oxygens (including phenoxy) is 1. The summed E-state index contributed by atoms with van der Waals surface area (Å²) in [5.74, 6) is 4.54. The van der Waals surface area contributed by atoms with E-state index in [-0.39, 0.29) is 35.1 Å². The number of methoxy groups -OCH3 is 1. The summed E-state index contributed by atoms with van der Waals surface area (Å²) in [4.78, 5) is 108. The van der Waals surface area contributed by atoms with Gasteiger partial charge in [-0.1, -0.05) is 263 Å². The normalized spacial score (nSPS) is 11.7. The summed E-state index contributed by atoms with van der Waals surface area (Å²) >= 11 is 0. The number of aryl methyl sites for hydroxylation is 9. The predicted molar refractivity (Wildman–Crippen MR) is 546 cm³/mol. The minimum Gasteiger partial charge on any atom is -0.467 e. The third kappa shape index (κ3) is 19.6. The highest BCUT2D eigenvalue weighted by Gasteiger charge is 2.32. The maximum Gasteiger partial charge on any atom is 0.330 e. The van der Waals surface area contributed by atoms with Crippen LogP contribution in [0.3, 0.4) is 0 Å². The molecule has 12 heterocycles. The number of hydrogen-bond acceptors (Lipinski definition) is 21. The molecule has 724 valence electrons. The van der Waals surface area contributed by atoms with Crippen LogP contribution in [0.4, 0.5) is 8.78 Å². The van der Waals surface area contributed by atoms with E-state index in [0.29, 0.717) is 146 Å². The van der Waals surface area contributed by atoms with Crippen molar-refractivity contribution in [3.63, 3.8) is 0 Å². The average molecular weight is 1910 g/mol. The SMILES string of the molecule is CC(C)c1ccccc1-c1ncc2c(n1)n(Cc1ccc(-c3nc(C(C)(F)F)n(C)n3)cc1)c(=O)n2C.CC(C)c1ccccc1-c1ncc2c(n1)n(Cc1ccc(-c3nc(C(C)C)n(C)n3)cc1)c(=O)n2C.COc1nc(-c2ccc(Cn3c(=O)n(C)c4cnc(-c5ccccc5C(C)C)nc43)cc2)nn1C.Cc1nc(-c2ccc(Cn3c(=O)n(C)c4cnc(-c5ccccc5C(C)C)nc43)cc2)nn1C.